The van der Waals surface area contributed by atoms with E-state index in [-0.39, 0.29) is 0 Å². The maximum Gasteiger partial charge on any atom is 0.329 e. The van der Waals surface area contributed by atoms with Crippen molar-refractivity contribution in [3.63, 3.8) is 0 Å². The van der Waals surface area contributed by atoms with Crippen molar-refractivity contribution in [2.75, 3.05) is 5.32 Å². The SMILES string of the molecule is CCCC(C)(NC(=O)Nc1ccc(Br)cc1CC)C(=O)O. The number of benzene rings is 1. The number of urea groups is 1. The summed E-state index contributed by atoms with van der Waals surface area (Å²) < 4.78 is 0.937. The fourth-order valence-corrected chi connectivity index (χ4v) is 2.51. The molecule has 0 aliphatic rings. The van der Waals surface area contributed by atoms with Crippen LogP contribution in [-0.2, 0) is 11.2 Å². The number of hydrogen-bond donors (Lipinski definition) is 3. The summed E-state index contributed by atoms with van der Waals surface area (Å²) in [5, 5.41) is 14.5. The first kappa shape index (κ1) is 17.5. The minimum atomic E-state index is -1.26. The molecule has 116 valence electrons. The second-order valence-electron chi connectivity index (χ2n) is 5.12. The van der Waals surface area contributed by atoms with Crippen molar-refractivity contribution >= 4 is 33.6 Å². The van der Waals surface area contributed by atoms with Gasteiger partial charge in [0.2, 0.25) is 0 Å². The Hall–Kier alpha value is -1.56. The van der Waals surface area contributed by atoms with Crippen molar-refractivity contribution in [3.05, 3.63) is 28.2 Å². The van der Waals surface area contributed by atoms with E-state index in [9.17, 15) is 14.7 Å². The lowest BCUT2D eigenvalue weighted by atomic mass is 9.96. The molecule has 1 aromatic carbocycles. The van der Waals surface area contributed by atoms with Crippen LogP contribution in [0.25, 0.3) is 0 Å². The molecule has 5 nitrogen and oxygen atoms in total. The van der Waals surface area contributed by atoms with Crippen LogP contribution in [-0.4, -0.2) is 22.6 Å². The van der Waals surface area contributed by atoms with E-state index in [1.807, 2.05) is 26.0 Å². The topological polar surface area (TPSA) is 78.4 Å². The van der Waals surface area contributed by atoms with Crippen LogP contribution in [0.2, 0.25) is 0 Å². The van der Waals surface area contributed by atoms with Gasteiger partial charge in [-0.25, -0.2) is 9.59 Å². The average Bonchev–Trinajstić information content (AvgIpc) is 2.40. The molecule has 3 N–H and O–H groups in total. The number of amides is 2. The number of rotatable bonds is 6. The zero-order valence-electron chi connectivity index (χ0n) is 12.5. The number of halogens is 1. The largest absolute Gasteiger partial charge is 0.480 e. The molecule has 2 amide bonds. The number of carboxylic acids is 1. The van der Waals surface area contributed by atoms with Gasteiger partial charge in [0.25, 0.3) is 0 Å². The van der Waals surface area contributed by atoms with Crippen LogP contribution >= 0.6 is 15.9 Å². The Morgan fingerprint density at radius 2 is 2.00 bits per heavy atom. The van der Waals surface area contributed by atoms with Crippen LogP contribution in [0.15, 0.2) is 22.7 Å². The summed E-state index contributed by atoms with van der Waals surface area (Å²) in [6, 6.07) is 5.04. The van der Waals surface area contributed by atoms with Gasteiger partial charge in [-0.3, -0.25) is 0 Å². The van der Waals surface area contributed by atoms with E-state index in [1.165, 1.54) is 6.92 Å². The summed E-state index contributed by atoms with van der Waals surface area (Å²) in [5.41, 5.74) is 0.398. The lowest BCUT2D eigenvalue weighted by Crippen LogP contribution is -2.53. The monoisotopic (exact) mass is 356 g/mol. The summed E-state index contributed by atoms with van der Waals surface area (Å²) in [5.74, 6) is -1.04. The van der Waals surface area contributed by atoms with Crippen LogP contribution in [0.3, 0.4) is 0 Å². The third-order valence-corrected chi connectivity index (χ3v) is 3.80. The number of carboxylic acid groups (broad SMARTS) is 1. The van der Waals surface area contributed by atoms with E-state index in [0.717, 1.165) is 16.5 Å². The first-order valence-corrected chi connectivity index (χ1v) is 7.72. The molecule has 0 saturated carbocycles. The van der Waals surface area contributed by atoms with Gasteiger partial charge in [-0.2, -0.15) is 0 Å². The van der Waals surface area contributed by atoms with E-state index in [0.29, 0.717) is 18.5 Å². The molecule has 21 heavy (non-hydrogen) atoms. The zero-order valence-corrected chi connectivity index (χ0v) is 14.1. The normalized spacial score (nSPS) is 13.3. The number of aryl methyl sites for hydroxylation is 1. The Balaban J connectivity index is 2.84. The van der Waals surface area contributed by atoms with Crippen molar-refractivity contribution in [2.24, 2.45) is 0 Å². The van der Waals surface area contributed by atoms with Gasteiger partial charge in [0.05, 0.1) is 0 Å². The van der Waals surface area contributed by atoms with Gasteiger partial charge in [0.15, 0.2) is 0 Å². The Kier molecular flexibility index (Phi) is 6.20. The van der Waals surface area contributed by atoms with Gasteiger partial charge >= 0.3 is 12.0 Å². The lowest BCUT2D eigenvalue weighted by Gasteiger charge is -2.26. The number of nitrogens with one attached hydrogen (secondary N) is 2. The standard InChI is InChI=1S/C15H21BrN2O3/c1-4-8-15(3,13(19)20)18-14(21)17-12-7-6-11(16)9-10(12)5-2/h6-7,9H,4-5,8H2,1-3H3,(H,19,20)(H2,17,18,21). The summed E-state index contributed by atoms with van der Waals surface area (Å²) in [7, 11) is 0. The maximum atomic E-state index is 12.1. The first-order valence-electron chi connectivity index (χ1n) is 6.93. The highest BCUT2D eigenvalue weighted by Gasteiger charge is 2.33. The van der Waals surface area contributed by atoms with Crippen LogP contribution < -0.4 is 10.6 Å². The predicted octanol–water partition coefficient (Wildman–Crippen LogP) is 3.78. The lowest BCUT2D eigenvalue weighted by molar-refractivity contribution is -0.143. The third-order valence-electron chi connectivity index (χ3n) is 3.31. The molecule has 1 atom stereocenters. The summed E-state index contributed by atoms with van der Waals surface area (Å²) >= 11 is 3.39. The van der Waals surface area contributed by atoms with Crippen molar-refractivity contribution in [1.82, 2.24) is 5.32 Å². The van der Waals surface area contributed by atoms with Crippen LogP contribution in [0.4, 0.5) is 10.5 Å². The molecule has 0 aromatic heterocycles. The van der Waals surface area contributed by atoms with Crippen molar-refractivity contribution in [1.29, 1.82) is 0 Å². The Morgan fingerprint density at radius 3 is 2.52 bits per heavy atom. The second kappa shape index (κ2) is 7.45. The van der Waals surface area contributed by atoms with E-state index >= 15 is 0 Å². The molecular weight excluding hydrogens is 336 g/mol. The molecular formula is C15H21BrN2O3. The molecule has 0 fully saturated rings. The van der Waals surface area contributed by atoms with Gasteiger partial charge < -0.3 is 15.7 Å². The van der Waals surface area contributed by atoms with Gasteiger partial charge in [-0.15, -0.1) is 0 Å². The molecule has 6 heteroatoms. The van der Waals surface area contributed by atoms with E-state index in [2.05, 4.69) is 26.6 Å². The van der Waals surface area contributed by atoms with Gasteiger partial charge in [0, 0.05) is 10.2 Å². The molecule has 1 unspecified atom stereocenters. The van der Waals surface area contributed by atoms with Gasteiger partial charge in [-0.05, 0) is 43.5 Å². The molecule has 0 aliphatic heterocycles. The molecule has 0 heterocycles. The van der Waals surface area contributed by atoms with E-state index in [4.69, 9.17) is 0 Å². The third kappa shape index (κ3) is 4.74. The maximum absolute atomic E-state index is 12.1. The number of carbonyl (C=O) groups is 2. The molecule has 0 aliphatic carbocycles. The molecule has 1 aromatic rings. The highest BCUT2D eigenvalue weighted by molar-refractivity contribution is 9.10. The zero-order chi connectivity index (χ0) is 16.0. The van der Waals surface area contributed by atoms with Crippen LogP contribution in [0, 0.1) is 0 Å². The quantitative estimate of drug-likeness (QED) is 0.725. The number of hydrogen-bond acceptors (Lipinski definition) is 2. The van der Waals surface area contributed by atoms with Gasteiger partial charge in [0.1, 0.15) is 5.54 Å². The Morgan fingerprint density at radius 1 is 1.33 bits per heavy atom. The minimum absolute atomic E-state index is 0.372. The predicted molar refractivity (Wildman–Crippen MR) is 86.6 cm³/mol. The first-order chi connectivity index (χ1) is 9.82. The smallest absolute Gasteiger partial charge is 0.329 e. The average molecular weight is 357 g/mol. The van der Waals surface area contributed by atoms with Crippen molar-refractivity contribution in [3.8, 4) is 0 Å². The number of aliphatic carboxylic acids is 1. The summed E-state index contributed by atoms with van der Waals surface area (Å²) in [6.07, 6.45) is 1.80. The minimum Gasteiger partial charge on any atom is -0.480 e. The summed E-state index contributed by atoms with van der Waals surface area (Å²) in [6.45, 7) is 5.38. The molecule has 1 rings (SSSR count). The fourth-order valence-electron chi connectivity index (χ4n) is 2.10. The number of anilines is 1. The van der Waals surface area contributed by atoms with E-state index < -0.39 is 17.5 Å². The van der Waals surface area contributed by atoms with Crippen molar-refractivity contribution in [2.45, 2.75) is 45.6 Å². The molecule has 0 bridgehead atoms. The second-order valence-corrected chi connectivity index (χ2v) is 6.04. The highest BCUT2D eigenvalue weighted by Crippen LogP contribution is 2.22. The molecule has 0 spiro atoms. The molecule has 0 saturated heterocycles. The number of carbonyl (C=O) groups excluding carboxylic acids is 1. The molecule has 0 radical (unpaired) electrons. The highest BCUT2D eigenvalue weighted by atomic mass is 79.9. The Bertz CT molecular complexity index is 534. The fraction of sp³-hybridized carbons (Fsp3) is 0.467. The van der Waals surface area contributed by atoms with Gasteiger partial charge in [-0.1, -0.05) is 36.2 Å². The van der Waals surface area contributed by atoms with E-state index in [1.54, 1.807) is 6.07 Å². The van der Waals surface area contributed by atoms with Crippen LogP contribution in [0.1, 0.15) is 39.2 Å². The van der Waals surface area contributed by atoms with Crippen molar-refractivity contribution < 1.29 is 14.7 Å². The Labute approximate surface area is 133 Å². The summed E-state index contributed by atoms with van der Waals surface area (Å²) in [4.78, 5) is 23.4. The van der Waals surface area contributed by atoms with Crippen LogP contribution in [0.5, 0.6) is 0 Å².